The Hall–Kier alpha value is -2.09. The van der Waals surface area contributed by atoms with Crippen LogP contribution in [0.5, 0.6) is 0 Å². The number of pyridine rings is 1. The van der Waals surface area contributed by atoms with E-state index in [2.05, 4.69) is 86.6 Å². The van der Waals surface area contributed by atoms with Gasteiger partial charge in [0.1, 0.15) is 5.65 Å². The summed E-state index contributed by atoms with van der Waals surface area (Å²) < 4.78 is 2.05. The van der Waals surface area contributed by atoms with Crippen LogP contribution in [0.1, 0.15) is 70.1 Å². The Morgan fingerprint density at radius 1 is 0.875 bits per heavy atom. The maximum Gasteiger partial charge on any atom is 0.136 e. The second kappa shape index (κ2) is 9.92. The predicted octanol–water partition coefficient (Wildman–Crippen LogP) is 6.60. The second-order valence-corrected chi connectivity index (χ2v) is 6.32. The van der Waals surface area contributed by atoms with E-state index in [1.165, 1.54) is 16.7 Å². The monoisotopic (exact) mass is 324 g/mol. The van der Waals surface area contributed by atoms with E-state index in [0.29, 0.717) is 11.8 Å². The molecule has 0 aliphatic rings. The summed E-state index contributed by atoms with van der Waals surface area (Å²) in [5, 5.41) is 0. The lowest BCUT2D eigenvalue weighted by Crippen LogP contribution is -1.91. The molecule has 0 aliphatic carbocycles. The quantitative estimate of drug-likeness (QED) is 0.519. The van der Waals surface area contributed by atoms with Gasteiger partial charge in [-0.2, -0.15) is 0 Å². The Bertz CT molecular complexity index is 723. The van der Waals surface area contributed by atoms with Gasteiger partial charge in [-0.15, -0.1) is 0 Å². The van der Waals surface area contributed by atoms with Gasteiger partial charge in [-0.05, 0) is 41.5 Å². The molecule has 3 rings (SSSR count). The van der Waals surface area contributed by atoms with Crippen LogP contribution < -0.4 is 0 Å². The third-order valence-corrected chi connectivity index (χ3v) is 3.89. The molecule has 2 heterocycles. The zero-order valence-electron chi connectivity index (χ0n) is 16.2. The molecule has 2 aromatic heterocycles. The van der Waals surface area contributed by atoms with E-state index in [4.69, 9.17) is 0 Å². The first-order chi connectivity index (χ1) is 11.5. The van der Waals surface area contributed by atoms with Crippen LogP contribution in [0.4, 0.5) is 0 Å². The number of benzene rings is 1. The number of imidazole rings is 1. The summed E-state index contributed by atoms with van der Waals surface area (Å²) in [5.41, 5.74) is 5.22. The van der Waals surface area contributed by atoms with Crippen molar-refractivity contribution >= 4 is 5.65 Å². The molecule has 0 atom stereocenters. The minimum Gasteiger partial charge on any atom is -0.307 e. The van der Waals surface area contributed by atoms with Crippen molar-refractivity contribution in [1.29, 1.82) is 0 Å². The molecular formula is C22H32N2. The number of rotatable bonds is 2. The van der Waals surface area contributed by atoms with E-state index >= 15 is 0 Å². The molecule has 3 aromatic rings. The molecule has 0 unspecified atom stereocenters. The Kier molecular flexibility index (Phi) is 8.25. The van der Waals surface area contributed by atoms with Crippen molar-refractivity contribution < 1.29 is 0 Å². The van der Waals surface area contributed by atoms with Gasteiger partial charge in [-0.1, -0.05) is 71.9 Å². The summed E-state index contributed by atoms with van der Waals surface area (Å²) in [6.45, 7) is 15.0. The highest BCUT2D eigenvalue weighted by Crippen LogP contribution is 2.17. The smallest absolute Gasteiger partial charge is 0.136 e. The van der Waals surface area contributed by atoms with Crippen molar-refractivity contribution in [3.63, 3.8) is 0 Å². The average molecular weight is 325 g/mol. The van der Waals surface area contributed by atoms with Crippen LogP contribution in [-0.2, 0) is 0 Å². The number of hydrogen-bond acceptors (Lipinski definition) is 1. The van der Waals surface area contributed by atoms with Gasteiger partial charge in [0.05, 0.1) is 0 Å². The number of aryl methyl sites for hydroxylation is 1. The zero-order chi connectivity index (χ0) is 18.1. The molecular weight excluding hydrogens is 292 g/mol. The van der Waals surface area contributed by atoms with Crippen molar-refractivity contribution in [3.05, 3.63) is 71.7 Å². The summed E-state index contributed by atoms with van der Waals surface area (Å²) in [7, 11) is 0. The number of nitrogens with zero attached hydrogens (tertiary/aromatic N) is 2. The topological polar surface area (TPSA) is 17.3 Å². The fourth-order valence-corrected chi connectivity index (χ4v) is 2.51. The van der Waals surface area contributed by atoms with Crippen LogP contribution in [-0.4, -0.2) is 9.38 Å². The van der Waals surface area contributed by atoms with E-state index in [0.717, 1.165) is 5.65 Å². The van der Waals surface area contributed by atoms with E-state index in [1.807, 2.05) is 26.2 Å². The molecule has 0 saturated carbocycles. The summed E-state index contributed by atoms with van der Waals surface area (Å²) in [6.07, 6.45) is 5.92. The highest BCUT2D eigenvalue weighted by atomic mass is 15.0. The highest BCUT2D eigenvalue weighted by molar-refractivity contribution is 5.39. The van der Waals surface area contributed by atoms with Crippen molar-refractivity contribution in [2.75, 3.05) is 0 Å². The fraction of sp³-hybridized carbons (Fsp3) is 0.409. The van der Waals surface area contributed by atoms with E-state index in [1.54, 1.807) is 0 Å². The maximum absolute atomic E-state index is 4.18. The van der Waals surface area contributed by atoms with Gasteiger partial charge >= 0.3 is 0 Å². The van der Waals surface area contributed by atoms with Crippen LogP contribution in [0.25, 0.3) is 5.65 Å². The number of aromatic nitrogens is 2. The molecule has 0 bridgehead atoms. The third-order valence-electron chi connectivity index (χ3n) is 3.89. The molecule has 1 aromatic carbocycles. The molecule has 0 fully saturated rings. The molecule has 0 spiro atoms. The zero-order valence-corrected chi connectivity index (χ0v) is 16.2. The third kappa shape index (κ3) is 5.52. The Morgan fingerprint density at radius 2 is 1.54 bits per heavy atom. The van der Waals surface area contributed by atoms with Crippen LogP contribution in [0.15, 0.2) is 55.0 Å². The minimum absolute atomic E-state index is 0.580. The highest BCUT2D eigenvalue weighted by Gasteiger charge is 2.00. The van der Waals surface area contributed by atoms with E-state index in [9.17, 15) is 0 Å². The summed E-state index contributed by atoms with van der Waals surface area (Å²) in [4.78, 5) is 4.18. The lowest BCUT2D eigenvalue weighted by atomic mass is 9.99. The van der Waals surface area contributed by atoms with Crippen LogP contribution in [0.3, 0.4) is 0 Å². The fourth-order valence-electron chi connectivity index (χ4n) is 2.51. The van der Waals surface area contributed by atoms with Gasteiger partial charge in [0.25, 0.3) is 0 Å². The minimum atomic E-state index is 0.580. The summed E-state index contributed by atoms with van der Waals surface area (Å²) >= 11 is 0. The molecule has 130 valence electrons. The molecule has 0 aliphatic heterocycles. The first kappa shape index (κ1) is 20.0. The molecule has 0 N–H and O–H groups in total. The summed E-state index contributed by atoms with van der Waals surface area (Å²) in [6, 6.07) is 12.7. The van der Waals surface area contributed by atoms with Gasteiger partial charge in [-0.3, -0.25) is 0 Å². The van der Waals surface area contributed by atoms with Gasteiger partial charge in [0, 0.05) is 18.6 Å². The lowest BCUT2D eigenvalue weighted by molar-refractivity contribution is 0.854. The van der Waals surface area contributed by atoms with Gasteiger partial charge < -0.3 is 4.40 Å². The number of hydrogen-bond donors (Lipinski definition) is 0. The molecule has 0 radical (unpaired) electrons. The maximum atomic E-state index is 4.18. The van der Waals surface area contributed by atoms with Crippen molar-refractivity contribution in [2.24, 2.45) is 0 Å². The van der Waals surface area contributed by atoms with Gasteiger partial charge in [0.2, 0.25) is 0 Å². The van der Waals surface area contributed by atoms with Gasteiger partial charge in [-0.25, -0.2) is 4.98 Å². The molecule has 0 saturated heterocycles. The molecule has 2 heteroatoms. The van der Waals surface area contributed by atoms with Crippen molar-refractivity contribution in [1.82, 2.24) is 9.38 Å². The first-order valence-electron chi connectivity index (χ1n) is 8.97. The van der Waals surface area contributed by atoms with Gasteiger partial charge in [0.15, 0.2) is 0 Å². The SMILES string of the molecule is CC.CC(C)c1ccc2nccn2c1.Cc1ccccc1C(C)C. The van der Waals surface area contributed by atoms with Crippen molar-refractivity contribution in [2.45, 2.75) is 60.3 Å². The largest absolute Gasteiger partial charge is 0.307 e. The average Bonchev–Trinajstić information content (AvgIpc) is 3.05. The Balaban J connectivity index is 0.000000221. The molecule has 2 nitrogen and oxygen atoms in total. The number of fused-ring (bicyclic) bond motifs is 1. The molecule has 0 amide bonds. The first-order valence-corrected chi connectivity index (χ1v) is 8.97. The Morgan fingerprint density at radius 3 is 2.08 bits per heavy atom. The van der Waals surface area contributed by atoms with Crippen LogP contribution in [0, 0.1) is 6.92 Å². The lowest BCUT2D eigenvalue weighted by Gasteiger charge is -2.07. The van der Waals surface area contributed by atoms with Crippen LogP contribution in [0.2, 0.25) is 0 Å². The van der Waals surface area contributed by atoms with E-state index in [-0.39, 0.29) is 0 Å². The van der Waals surface area contributed by atoms with Crippen LogP contribution >= 0.6 is 0 Å². The Labute approximate surface area is 147 Å². The van der Waals surface area contributed by atoms with E-state index < -0.39 is 0 Å². The normalized spacial score (nSPS) is 10.2. The standard InChI is InChI=1S/C10H12N2.C10H14.C2H6/c1-8(2)9-3-4-10-11-5-6-12(10)7-9;1-8(2)10-7-5-4-6-9(10)3;1-2/h3-8H,1-2H3;4-8H,1-3H3;1-2H3. The second-order valence-electron chi connectivity index (χ2n) is 6.32. The summed E-state index contributed by atoms with van der Waals surface area (Å²) in [5.74, 6) is 1.23. The van der Waals surface area contributed by atoms with Crippen molar-refractivity contribution in [3.8, 4) is 0 Å². The predicted molar refractivity (Wildman–Crippen MR) is 106 cm³/mol. The molecule has 24 heavy (non-hydrogen) atoms.